The van der Waals surface area contributed by atoms with Gasteiger partial charge in [0.25, 0.3) is 5.88 Å². The Labute approximate surface area is 359 Å². The Bertz CT molecular complexity index is 2460. The number of nitrogens with zero attached hydrogens (tertiary/aromatic N) is 3. The first-order valence-corrected chi connectivity index (χ1v) is 23.8. The van der Waals surface area contributed by atoms with E-state index in [1.165, 1.54) is 4.90 Å². The molecule has 3 aromatic carbocycles. The van der Waals surface area contributed by atoms with E-state index in [-0.39, 0.29) is 43.0 Å². The van der Waals surface area contributed by atoms with Crippen molar-refractivity contribution in [1.82, 2.24) is 10.1 Å². The van der Waals surface area contributed by atoms with Gasteiger partial charge >= 0.3 is 6.09 Å². The molecule has 12 nitrogen and oxygen atoms in total. The summed E-state index contributed by atoms with van der Waals surface area (Å²) >= 11 is 0. The zero-order chi connectivity index (χ0) is 44.6. The molecular formula is C48H59N3O9Si. The summed E-state index contributed by atoms with van der Waals surface area (Å²) in [7, 11) is 2.41. The van der Waals surface area contributed by atoms with Crippen LogP contribution in [0.4, 0.5) is 10.5 Å². The number of carbonyl (C=O) groups is 3. The number of aliphatic hydroxyl groups excluding tert-OH is 1. The van der Waals surface area contributed by atoms with Gasteiger partial charge in [0.1, 0.15) is 29.3 Å². The van der Waals surface area contributed by atoms with Crippen molar-refractivity contribution < 1.29 is 42.6 Å². The van der Waals surface area contributed by atoms with E-state index < -0.39 is 65.9 Å². The number of aromatic nitrogens is 1. The summed E-state index contributed by atoms with van der Waals surface area (Å²) in [5.74, 6) is -1.80. The smallest absolute Gasteiger partial charge is 0.415 e. The second-order valence-electron chi connectivity index (χ2n) is 19.3. The van der Waals surface area contributed by atoms with Crippen molar-refractivity contribution in [2.75, 3.05) is 32.6 Å². The molecule has 1 amide bonds. The quantitative estimate of drug-likeness (QED) is 0.120. The molecule has 1 aromatic heterocycles. The molecule has 0 spiro atoms. The first kappa shape index (κ1) is 43.8. The molecule has 0 aliphatic heterocycles. The van der Waals surface area contributed by atoms with Gasteiger partial charge in [-0.2, -0.15) is 0 Å². The standard InChI is InChI=1S/C48H59N3O9Si/c1-14-22-51(45(55)58-46(3,4)5)38-31-21-20-30(56-11)25-32(31)27(2)35-33(38)23-29-24-34-39(50(9)10)41-37(44(49-59-41)57-26-28-18-16-15-17-19-28)43(54)48(34,42(53)36(29)40(35)52)60-61(12,13)47(6,7)8/h14-21,25,29,34,39,53H,1,22-24,26H2,2-13H3/t29-,34-,39-,48-/m0/s1. The van der Waals surface area contributed by atoms with Crippen molar-refractivity contribution >= 4 is 42.4 Å². The third-order valence-corrected chi connectivity index (χ3v) is 17.4. The molecule has 0 bridgehead atoms. The highest BCUT2D eigenvalue weighted by molar-refractivity contribution is 6.74. The minimum atomic E-state index is -2.94. The number of allylic oxidation sites excluding steroid dienone is 1. The molecule has 61 heavy (non-hydrogen) atoms. The summed E-state index contributed by atoms with van der Waals surface area (Å²) in [6.45, 7) is 21.8. The predicted octanol–water partition coefficient (Wildman–Crippen LogP) is 10.1. The van der Waals surface area contributed by atoms with Crippen LogP contribution in [0, 0.1) is 18.8 Å². The van der Waals surface area contributed by atoms with Crippen molar-refractivity contribution in [2.45, 2.75) is 103 Å². The first-order chi connectivity index (χ1) is 28.6. The van der Waals surface area contributed by atoms with Gasteiger partial charge in [-0.05, 0) is 124 Å². The minimum absolute atomic E-state index is 0.00189. The fraction of sp³-hybridized carbons (Fsp3) is 0.458. The molecule has 1 heterocycles. The normalized spacial score (nSPS) is 21.4. The lowest BCUT2D eigenvalue weighted by atomic mass is 9.58. The molecule has 324 valence electrons. The Kier molecular flexibility index (Phi) is 11.2. The predicted molar refractivity (Wildman–Crippen MR) is 237 cm³/mol. The van der Waals surface area contributed by atoms with E-state index in [9.17, 15) is 9.90 Å². The number of rotatable bonds is 10. The van der Waals surface area contributed by atoms with Gasteiger partial charge in [-0.3, -0.25) is 19.4 Å². The average Bonchev–Trinajstić information content (AvgIpc) is 3.60. The Morgan fingerprint density at radius 1 is 1.05 bits per heavy atom. The molecule has 4 aromatic rings. The molecular weight excluding hydrogens is 791 g/mol. The van der Waals surface area contributed by atoms with Gasteiger partial charge in [-0.25, -0.2) is 4.79 Å². The van der Waals surface area contributed by atoms with Crippen LogP contribution in [0.2, 0.25) is 18.1 Å². The molecule has 4 atom stereocenters. The second kappa shape index (κ2) is 15.6. The number of aryl methyl sites for hydroxylation is 1. The lowest BCUT2D eigenvalue weighted by molar-refractivity contribution is -0.0480. The van der Waals surface area contributed by atoms with Gasteiger partial charge in [-0.1, -0.05) is 57.2 Å². The van der Waals surface area contributed by atoms with E-state index in [2.05, 4.69) is 32.5 Å². The lowest BCUT2D eigenvalue weighted by Crippen LogP contribution is -2.65. The van der Waals surface area contributed by atoms with Crippen LogP contribution < -0.4 is 14.4 Å². The van der Waals surface area contributed by atoms with E-state index in [1.807, 2.05) is 87.5 Å². The number of carbonyl (C=O) groups excluding carboxylic acids is 3. The SMILES string of the molecule is C=CCN(C(=O)OC(C)(C)C)c1c2c(c(C)c3cc(OC)ccc13)C(=O)C1=C(O)[C@]3(O[Si](C)(C)C(C)(C)C)C(=O)c4c(OCc5ccccc5)noc4[C@@H](N(C)C)[C@@H]3C[C@@H]1C2. The van der Waals surface area contributed by atoms with E-state index in [0.29, 0.717) is 39.3 Å². The van der Waals surface area contributed by atoms with Crippen LogP contribution in [0.15, 0.2) is 77.0 Å². The maximum Gasteiger partial charge on any atom is 0.415 e. The number of aliphatic hydroxyl groups is 1. The van der Waals surface area contributed by atoms with Crippen molar-refractivity contribution in [3.63, 3.8) is 0 Å². The van der Waals surface area contributed by atoms with Crippen molar-refractivity contribution in [3.05, 3.63) is 106 Å². The summed E-state index contributed by atoms with van der Waals surface area (Å²) < 4.78 is 31.2. The fourth-order valence-corrected chi connectivity index (χ4v) is 10.6. The zero-order valence-corrected chi connectivity index (χ0v) is 38.5. The lowest BCUT2D eigenvalue weighted by Gasteiger charge is -2.55. The molecule has 3 aliphatic carbocycles. The monoisotopic (exact) mass is 849 g/mol. The molecule has 0 saturated carbocycles. The van der Waals surface area contributed by atoms with Crippen molar-refractivity contribution in [3.8, 4) is 11.6 Å². The Hall–Kier alpha value is -5.24. The second-order valence-corrected chi connectivity index (χ2v) is 24.0. The molecule has 3 aliphatic rings. The molecule has 0 saturated heterocycles. The van der Waals surface area contributed by atoms with Gasteiger partial charge in [-0.15, -0.1) is 6.58 Å². The van der Waals surface area contributed by atoms with Crippen molar-refractivity contribution in [1.29, 1.82) is 0 Å². The van der Waals surface area contributed by atoms with Gasteiger partial charge in [0.15, 0.2) is 25.5 Å². The number of hydrogen-bond donors (Lipinski definition) is 1. The summed E-state index contributed by atoms with van der Waals surface area (Å²) in [6, 6.07) is 14.5. The molecule has 13 heteroatoms. The number of fused-ring (bicyclic) bond motifs is 5. The number of benzene rings is 3. The Balaban J connectivity index is 1.50. The Morgan fingerprint density at radius 3 is 2.34 bits per heavy atom. The van der Waals surface area contributed by atoms with Crippen LogP contribution in [0.1, 0.15) is 97.2 Å². The third-order valence-electron chi connectivity index (χ3n) is 12.9. The summed E-state index contributed by atoms with van der Waals surface area (Å²) in [4.78, 5) is 49.0. The number of hydrogen-bond acceptors (Lipinski definition) is 11. The zero-order valence-electron chi connectivity index (χ0n) is 37.5. The molecule has 0 radical (unpaired) electrons. The highest BCUT2D eigenvalue weighted by Crippen LogP contribution is 2.60. The molecule has 0 fully saturated rings. The number of ether oxygens (including phenoxy) is 3. The molecule has 0 unspecified atom stereocenters. The van der Waals surface area contributed by atoms with Crippen LogP contribution in [0.25, 0.3) is 10.8 Å². The number of Topliss-reactive ketones (excluding diaryl/α,β-unsaturated/α-hetero) is 2. The van der Waals surface area contributed by atoms with Crippen LogP contribution in [-0.4, -0.2) is 80.1 Å². The minimum Gasteiger partial charge on any atom is -0.508 e. The van der Waals surface area contributed by atoms with Crippen LogP contribution >= 0.6 is 0 Å². The molecule has 1 N–H and O–H groups in total. The first-order valence-electron chi connectivity index (χ1n) is 20.9. The van der Waals surface area contributed by atoms with Gasteiger partial charge in [0.05, 0.1) is 18.8 Å². The summed E-state index contributed by atoms with van der Waals surface area (Å²) in [5.41, 5.74) is 0.459. The van der Waals surface area contributed by atoms with Gasteiger partial charge in [0.2, 0.25) is 5.78 Å². The highest BCUT2D eigenvalue weighted by atomic mass is 28.4. The fourth-order valence-electron chi connectivity index (χ4n) is 9.18. The van der Waals surface area contributed by atoms with E-state index in [4.69, 9.17) is 23.2 Å². The topological polar surface area (TPSA) is 141 Å². The maximum absolute atomic E-state index is 15.7. The van der Waals surface area contributed by atoms with Crippen molar-refractivity contribution in [2.24, 2.45) is 11.8 Å². The highest BCUT2D eigenvalue weighted by Gasteiger charge is 2.67. The Morgan fingerprint density at radius 2 is 1.74 bits per heavy atom. The third kappa shape index (κ3) is 7.27. The van der Waals surface area contributed by atoms with Crippen LogP contribution in [-0.2, 0) is 22.2 Å². The van der Waals surface area contributed by atoms with E-state index in [1.54, 1.807) is 34.0 Å². The van der Waals surface area contributed by atoms with Crippen LogP contribution in [0.3, 0.4) is 0 Å². The number of ketones is 2. The van der Waals surface area contributed by atoms with Crippen LogP contribution in [0.5, 0.6) is 11.6 Å². The number of methoxy groups -OCH3 is 1. The summed E-state index contributed by atoms with van der Waals surface area (Å²) in [6.07, 6.45) is 1.57. The van der Waals surface area contributed by atoms with Gasteiger partial charge < -0.3 is 28.3 Å². The van der Waals surface area contributed by atoms with E-state index >= 15 is 9.59 Å². The maximum atomic E-state index is 15.7. The summed E-state index contributed by atoms with van der Waals surface area (Å²) in [5, 5.41) is 18.5. The molecule has 7 rings (SSSR count). The average molecular weight is 850 g/mol. The number of amides is 1. The largest absolute Gasteiger partial charge is 0.508 e. The number of anilines is 1. The van der Waals surface area contributed by atoms with E-state index in [0.717, 1.165) is 10.9 Å². The van der Waals surface area contributed by atoms with Gasteiger partial charge in [0, 0.05) is 29.0 Å².